The average Bonchev–Trinajstić information content (AvgIpc) is 2.66. The summed E-state index contributed by atoms with van der Waals surface area (Å²) in [6.45, 7) is 3.39. The molecule has 2 aromatic carbocycles. The second-order valence-electron chi connectivity index (χ2n) is 6.11. The summed E-state index contributed by atoms with van der Waals surface area (Å²) < 4.78 is 19.7. The van der Waals surface area contributed by atoms with Crippen LogP contribution in [0.25, 0.3) is 5.69 Å². The van der Waals surface area contributed by atoms with Crippen molar-refractivity contribution >= 4 is 23.2 Å². The minimum absolute atomic E-state index is 0.0828. The molecule has 0 aliphatic rings. The van der Waals surface area contributed by atoms with Gasteiger partial charge >= 0.3 is 0 Å². The summed E-state index contributed by atoms with van der Waals surface area (Å²) in [4.78, 5) is 24.4. The average molecular weight is 402 g/mol. The van der Waals surface area contributed by atoms with Crippen molar-refractivity contribution in [1.29, 1.82) is 0 Å². The van der Waals surface area contributed by atoms with E-state index >= 15 is 0 Å². The fourth-order valence-corrected chi connectivity index (χ4v) is 2.69. The summed E-state index contributed by atoms with van der Waals surface area (Å²) >= 11 is 5.92. The number of hydrogen-bond donors (Lipinski definition) is 1. The van der Waals surface area contributed by atoms with E-state index in [1.54, 1.807) is 25.1 Å². The normalized spacial score (nSPS) is 11.7. The van der Waals surface area contributed by atoms with Crippen molar-refractivity contribution in [3.8, 4) is 11.6 Å². The topological polar surface area (TPSA) is 73.2 Å². The Bertz CT molecular complexity index is 1070. The van der Waals surface area contributed by atoms with Gasteiger partial charge in [-0.25, -0.2) is 4.39 Å². The van der Waals surface area contributed by atoms with Gasteiger partial charge in [0.15, 0.2) is 6.10 Å². The van der Waals surface area contributed by atoms with Crippen molar-refractivity contribution in [2.75, 3.05) is 5.32 Å². The van der Waals surface area contributed by atoms with E-state index < -0.39 is 17.5 Å². The second-order valence-corrected chi connectivity index (χ2v) is 6.54. The zero-order chi connectivity index (χ0) is 20.3. The van der Waals surface area contributed by atoms with Gasteiger partial charge in [0.25, 0.3) is 11.5 Å². The number of nitrogens with one attached hydrogen (secondary N) is 1. The van der Waals surface area contributed by atoms with Crippen LogP contribution in [0.4, 0.5) is 10.1 Å². The monoisotopic (exact) mass is 401 g/mol. The molecule has 0 radical (unpaired) electrons. The van der Waals surface area contributed by atoms with E-state index in [0.717, 1.165) is 10.2 Å². The molecule has 0 unspecified atom stereocenters. The van der Waals surface area contributed by atoms with Gasteiger partial charge in [0.1, 0.15) is 5.82 Å². The first-order valence-electron chi connectivity index (χ1n) is 8.43. The zero-order valence-corrected chi connectivity index (χ0v) is 15.9. The van der Waals surface area contributed by atoms with Gasteiger partial charge in [-0.15, -0.1) is 5.10 Å². The summed E-state index contributed by atoms with van der Waals surface area (Å²) in [5.41, 5.74) is 1.41. The first-order valence-corrected chi connectivity index (χ1v) is 8.81. The predicted octanol–water partition coefficient (Wildman–Crippen LogP) is 3.74. The van der Waals surface area contributed by atoms with Gasteiger partial charge in [-0.05, 0) is 61.9 Å². The van der Waals surface area contributed by atoms with Crippen LogP contribution in [0.15, 0.2) is 59.4 Å². The molecule has 1 N–H and O–H groups in total. The first-order chi connectivity index (χ1) is 13.3. The Morgan fingerprint density at radius 1 is 1.18 bits per heavy atom. The van der Waals surface area contributed by atoms with Crippen molar-refractivity contribution in [3.63, 3.8) is 0 Å². The van der Waals surface area contributed by atoms with Gasteiger partial charge in [-0.2, -0.15) is 4.68 Å². The van der Waals surface area contributed by atoms with E-state index in [2.05, 4.69) is 10.4 Å². The lowest BCUT2D eigenvalue weighted by molar-refractivity contribution is -0.122. The predicted molar refractivity (Wildman–Crippen MR) is 105 cm³/mol. The molecule has 1 heterocycles. The molecule has 0 bridgehead atoms. The largest absolute Gasteiger partial charge is 0.463 e. The number of carbonyl (C=O) groups is 1. The van der Waals surface area contributed by atoms with Crippen LogP contribution >= 0.6 is 11.6 Å². The summed E-state index contributed by atoms with van der Waals surface area (Å²) in [6.07, 6.45) is -0.873. The molecule has 0 spiro atoms. The number of carbonyl (C=O) groups excluding carboxylic acids is 1. The summed E-state index contributed by atoms with van der Waals surface area (Å²) in [5, 5.41) is 7.43. The molecule has 1 atom stereocenters. The van der Waals surface area contributed by atoms with Crippen molar-refractivity contribution in [2.24, 2.45) is 0 Å². The fourth-order valence-electron chi connectivity index (χ4n) is 2.46. The van der Waals surface area contributed by atoms with Gasteiger partial charge in [0, 0.05) is 22.8 Å². The van der Waals surface area contributed by atoms with Crippen LogP contribution < -0.4 is 15.6 Å². The molecule has 0 aliphatic heterocycles. The Hall–Kier alpha value is -3.19. The van der Waals surface area contributed by atoms with Gasteiger partial charge in [-0.3, -0.25) is 9.59 Å². The maximum Gasteiger partial charge on any atom is 0.271 e. The molecule has 3 aromatic rings. The highest BCUT2D eigenvalue weighted by atomic mass is 35.5. The van der Waals surface area contributed by atoms with E-state index in [9.17, 15) is 14.0 Å². The molecule has 0 saturated heterocycles. The number of anilines is 1. The molecular formula is C20H17ClFN3O3. The first kappa shape index (κ1) is 19.6. The van der Waals surface area contributed by atoms with Crippen LogP contribution in [0.1, 0.15) is 12.5 Å². The quantitative estimate of drug-likeness (QED) is 0.706. The molecule has 1 aromatic heterocycles. The van der Waals surface area contributed by atoms with E-state index in [-0.39, 0.29) is 11.8 Å². The van der Waals surface area contributed by atoms with Crippen LogP contribution in [0.5, 0.6) is 5.88 Å². The Kier molecular flexibility index (Phi) is 5.75. The molecule has 0 saturated carbocycles. The summed E-state index contributed by atoms with van der Waals surface area (Å²) in [5.74, 6) is -0.724. The van der Waals surface area contributed by atoms with Crippen LogP contribution in [0.3, 0.4) is 0 Å². The molecule has 0 fully saturated rings. The minimum Gasteiger partial charge on any atom is -0.463 e. The standard InChI is InChI=1S/C20H17ClFN3O3/c1-12-11-14(21)3-8-17(12)23-20(27)13(2)28-18-9-10-19(26)25(24-18)16-6-4-15(22)5-7-16/h3-11,13H,1-2H3,(H,23,27)/t13-/m0/s1. The van der Waals surface area contributed by atoms with Crippen LogP contribution in [0.2, 0.25) is 5.02 Å². The van der Waals surface area contributed by atoms with Crippen LogP contribution in [-0.4, -0.2) is 21.8 Å². The van der Waals surface area contributed by atoms with Gasteiger partial charge < -0.3 is 10.1 Å². The SMILES string of the molecule is Cc1cc(Cl)ccc1NC(=O)[C@H](C)Oc1ccc(=O)n(-c2ccc(F)cc2)n1. The number of aryl methyl sites for hydroxylation is 1. The van der Waals surface area contributed by atoms with Gasteiger partial charge in [0.2, 0.25) is 5.88 Å². The number of aromatic nitrogens is 2. The third kappa shape index (κ3) is 4.55. The third-order valence-electron chi connectivity index (χ3n) is 3.96. The molecular weight excluding hydrogens is 385 g/mol. The maximum atomic E-state index is 13.1. The van der Waals surface area contributed by atoms with Gasteiger partial charge in [-0.1, -0.05) is 11.6 Å². The molecule has 3 rings (SSSR count). The van der Waals surface area contributed by atoms with Crippen molar-refractivity contribution in [1.82, 2.24) is 9.78 Å². The van der Waals surface area contributed by atoms with Crippen molar-refractivity contribution in [3.05, 3.63) is 81.4 Å². The van der Waals surface area contributed by atoms with Crippen molar-refractivity contribution < 1.29 is 13.9 Å². The highest BCUT2D eigenvalue weighted by molar-refractivity contribution is 6.30. The van der Waals surface area contributed by atoms with E-state index in [4.69, 9.17) is 16.3 Å². The van der Waals surface area contributed by atoms with E-state index in [1.165, 1.54) is 36.4 Å². The molecule has 144 valence electrons. The lowest BCUT2D eigenvalue weighted by Crippen LogP contribution is -2.31. The number of amides is 1. The van der Waals surface area contributed by atoms with E-state index in [0.29, 0.717) is 16.4 Å². The minimum atomic E-state index is -0.873. The number of rotatable bonds is 5. The Labute approximate surface area is 165 Å². The second kappa shape index (κ2) is 8.22. The fraction of sp³-hybridized carbons (Fsp3) is 0.150. The summed E-state index contributed by atoms with van der Waals surface area (Å²) in [7, 11) is 0. The number of halogens is 2. The summed E-state index contributed by atoms with van der Waals surface area (Å²) in [6, 6.07) is 13.1. The number of benzene rings is 2. The lowest BCUT2D eigenvalue weighted by Gasteiger charge is -2.16. The highest BCUT2D eigenvalue weighted by Crippen LogP contribution is 2.20. The Morgan fingerprint density at radius 3 is 2.57 bits per heavy atom. The van der Waals surface area contributed by atoms with Crippen LogP contribution in [0, 0.1) is 12.7 Å². The molecule has 8 heteroatoms. The van der Waals surface area contributed by atoms with Crippen molar-refractivity contribution in [2.45, 2.75) is 20.0 Å². The van der Waals surface area contributed by atoms with Gasteiger partial charge in [0.05, 0.1) is 5.69 Å². The smallest absolute Gasteiger partial charge is 0.271 e. The highest BCUT2D eigenvalue weighted by Gasteiger charge is 2.17. The zero-order valence-electron chi connectivity index (χ0n) is 15.1. The molecule has 28 heavy (non-hydrogen) atoms. The Balaban J connectivity index is 1.75. The molecule has 1 amide bonds. The van der Waals surface area contributed by atoms with Crippen LogP contribution in [-0.2, 0) is 4.79 Å². The Morgan fingerprint density at radius 2 is 1.89 bits per heavy atom. The maximum absolute atomic E-state index is 13.1. The third-order valence-corrected chi connectivity index (χ3v) is 4.20. The number of nitrogens with zero attached hydrogens (tertiary/aromatic N) is 2. The number of hydrogen-bond acceptors (Lipinski definition) is 4. The number of ether oxygens (including phenoxy) is 1. The molecule has 6 nitrogen and oxygen atoms in total. The van der Waals surface area contributed by atoms with E-state index in [1.807, 2.05) is 6.92 Å². The lowest BCUT2D eigenvalue weighted by atomic mass is 10.2. The molecule has 0 aliphatic carbocycles.